The first-order valence-electron chi connectivity index (χ1n) is 10.2. The van der Waals surface area contributed by atoms with Crippen molar-refractivity contribution < 1.29 is 22.7 Å². The zero-order valence-electron chi connectivity index (χ0n) is 17.2. The molecule has 1 aliphatic carbocycles. The highest BCUT2D eigenvalue weighted by atomic mass is 19.4. The van der Waals surface area contributed by atoms with E-state index in [-0.39, 0.29) is 22.9 Å². The SMILES string of the molecule is Cc1ccc(OC(F)(F)F)cc1NC(=O)NC1CC2(C1)CN(c1cnc3[nH]ncc3c1)C2. The molecule has 32 heavy (non-hydrogen) atoms. The number of aryl methyl sites for hydroxylation is 1. The van der Waals surface area contributed by atoms with Crippen molar-refractivity contribution in [2.24, 2.45) is 5.41 Å². The molecule has 8 nitrogen and oxygen atoms in total. The number of urea groups is 1. The van der Waals surface area contributed by atoms with Crippen LogP contribution in [-0.2, 0) is 0 Å². The monoisotopic (exact) mass is 446 g/mol. The van der Waals surface area contributed by atoms with Crippen LogP contribution < -0.4 is 20.3 Å². The maximum atomic E-state index is 12.4. The molecule has 1 spiro atoms. The molecular formula is C21H21F3N6O2. The summed E-state index contributed by atoms with van der Waals surface area (Å²) < 4.78 is 41.2. The molecule has 11 heteroatoms. The van der Waals surface area contributed by atoms with E-state index in [0.717, 1.165) is 42.7 Å². The minimum absolute atomic E-state index is 0.0292. The third kappa shape index (κ3) is 4.02. The summed E-state index contributed by atoms with van der Waals surface area (Å²) >= 11 is 0. The molecule has 5 rings (SSSR count). The molecule has 0 radical (unpaired) electrons. The van der Waals surface area contributed by atoms with Gasteiger partial charge in [0.1, 0.15) is 5.75 Å². The summed E-state index contributed by atoms with van der Waals surface area (Å²) in [6, 6.07) is 5.49. The summed E-state index contributed by atoms with van der Waals surface area (Å²) in [6.07, 6.45) is 0.499. The van der Waals surface area contributed by atoms with Crippen molar-refractivity contribution in [2.75, 3.05) is 23.3 Å². The number of fused-ring (bicyclic) bond motifs is 1. The summed E-state index contributed by atoms with van der Waals surface area (Å²) in [4.78, 5) is 19.0. The molecule has 0 bridgehead atoms. The molecule has 168 valence electrons. The number of anilines is 2. The van der Waals surface area contributed by atoms with E-state index in [4.69, 9.17) is 0 Å². The molecule has 2 fully saturated rings. The van der Waals surface area contributed by atoms with Crippen molar-refractivity contribution in [3.63, 3.8) is 0 Å². The average Bonchev–Trinajstić information content (AvgIpc) is 3.12. The Morgan fingerprint density at radius 1 is 1.25 bits per heavy atom. The van der Waals surface area contributed by atoms with E-state index >= 15 is 0 Å². The number of pyridine rings is 1. The van der Waals surface area contributed by atoms with Gasteiger partial charge >= 0.3 is 12.4 Å². The zero-order valence-corrected chi connectivity index (χ0v) is 17.2. The Bertz CT molecular complexity index is 1160. The lowest BCUT2D eigenvalue weighted by molar-refractivity contribution is -0.274. The molecule has 3 N–H and O–H groups in total. The molecule has 1 saturated heterocycles. The van der Waals surface area contributed by atoms with Crippen LogP contribution in [0.3, 0.4) is 0 Å². The number of hydrogen-bond acceptors (Lipinski definition) is 5. The number of H-pyrrole nitrogens is 1. The van der Waals surface area contributed by atoms with Crippen molar-refractivity contribution in [1.82, 2.24) is 20.5 Å². The lowest BCUT2D eigenvalue weighted by Gasteiger charge is -2.59. The zero-order chi connectivity index (χ0) is 22.5. The number of halogens is 3. The number of rotatable bonds is 4. The van der Waals surface area contributed by atoms with Crippen LogP contribution in [0, 0.1) is 12.3 Å². The number of amides is 2. The summed E-state index contributed by atoms with van der Waals surface area (Å²) in [5, 5.41) is 13.3. The molecule has 2 aromatic heterocycles. The van der Waals surface area contributed by atoms with Gasteiger partial charge in [-0.25, -0.2) is 9.78 Å². The van der Waals surface area contributed by atoms with Gasteiger partial charge in [-0.1, -0.05) is 6.07 Å². The number of aromatic nitrogens is 3. The second-order valence-electron chi connectivity index (χ2n) is 8.59. The van der Waals surface area contributed by atoms with E-state index in [1.165, 1.54) is 18.2 Å². The van der Waals surface area contributed by atoms with Crippen molar-refractivity contribution in [3.8, 4) is 5.75 Å². The normalized spacial score (nSPS) is 17.7. The number of hydrogen-bond donors (Lipinski definition) is 3. The van der Waals surface area contributed by atoms with E-state index in [0.29, 0.717) is 5.56 Å². The van der Waals surface area contributed by atoms with Gasteiger partial charge in [-0.15, -0.1) is 13.2 Å². The highest BCUT2D eigenvalue weighted by Gasteiger charge is 2.52. The van der Waals surface area contributed by atoms with Gasteiger partial charge < -0.3 is 20.3 Å². The summed E-state index contributed by atoms with van der Waals surface area (Å²) in [6.45, 7) is 3.49. The van der Waals surface area contributed by atoms with Crippen molar-refractivity contribution in [3.05, 3.63) is 42.2 Å². The largest absolute Gasteiger partial charge is 0.573 e. The average molecular weight is 446 g/mol. The molecule has 0 atom stereocenters. The maximum absolute atomic E-state index is 12.4. The third-order valence-electron chi connectivity index (χ3n) is 6.08. The minimum Gasteiger partial charge on any atom is -0.406 e. The lowest BCUT2D eigenvalue weighted by Crippen LogP contribution is -2.67. The van der Waals surface area contributed by atoms with Crippen LogP contribution in [0.25, 0.3) is 11.0 Å². The number of aromatic amines is 1. The summed E-state index contributed by atoms with van der Waals surface area (Å²) in [7, 11) is 0. The Morgan fingerprint density at radius 3 is 2.78 bits per heavy atom. The summed E-state index contributed by atoms with van der Waals surface area (Å²) in [5.41, 5.74) is 2.90. The van der Waals surface area contributed by atoms with Crippen LogP contribution in [0.2, 0.25) is 0 Å². The van der Waals surface area contributed by atoms with E-state index in [1.54, 1.807) is 13.1 Å². The summed E-state index contributed by atoms with van der Waals surface area (Å²) in [5.74, 6) is -0.376. The molecule has 1 aromatic carbocycles. The van der Waals surface area contributed by atoms with E-state index in [9.17, 15) is 18.0 Å². The number of alkyl halides is 3. The van der Waals surface area contributed by atoms with Gasteiger partial charge in [0, 0.05) is 41.7 Å². The fraction of sp³-hybridized carbons (Fsp3) is 0.381. The standard InChI is InChI=1S/C21H21F3N6O2/c1-12-2-3-16(32-21(22,23)24)5-17(12)28-19(31)27-14-6-20(7-14)10-30(11-20)15-4-13-8-26-29-18(13)25-9-15/h2-5,8-9,14H,6-7,10-11H2,1H3,(H,25,26,29)(H2,27,28,31). The Labute approximate surface area is 181 Å². The first-order chi connectivity index (χ1) is 15.2. The Kier molecular flexibility index (Phi) is 4.64. The highest BCUT2D eigenvalue weighted by molar-refractivity contribution is 5.90. The van der Waals surface area contributed by atoms with Gasteiger partial charge in [-0.05, 0) is 37.5 Å². The van der Waals surface area contributed by atoms with Crippen molar-refractivity contribution >= 4 is 28.4 Å². The molecule has 1 saturated carbocycles. The Balaban J connectivity index is 1.12. The highest BCUT2D eigenvalue weighted by Crippen LogP contribution is 2.49. The van der Waals surface area contributed by atoms with Crippen LogP contribution in [0.4, 0.5) is 29.3 Å². The predicted molar refractivity (Wildman–Crippen MR) is 112 cm³/mol. The molecule has 2 aliphatic rings. The molecule has 2 amide bonds. The van der Waals surface area contributed by atoms with Gasteiger partial charge in [-0.3, -0.25) is 5.10 Å². The Hall–Kier alpha value is -3.50. The fourth-order valence-corrected chi connectivity index (χ4v) is 4.57. The number of carbonyl (C=O) groups excluding carboxylic acids is 1. The molecule has 3 aromatic rings. The predicted octanol–water partition coefficient (Wildman–Crippen LogP) is 3.96. The van der Waals surface area contributed by atoms with E-state index in [2.05, 4.69) is 41.5 Å². The number of nitrogens with zero attached hydrogens (tertiary/aromatic N) is 3. The number of ether oxygens (including phenoxy) is 1. The molecular weight excluding hydrogens is 425 g/mol. The van der Waals surface area contributed by atoms with Crippen molar-refractivity contribution in [2.45, 2.75) is 32.2 Å². The van der Waals surface area contributed by atoms with Crippen LogP contribution in [-0.4, -0.2) is 46.7 Å². The van der Waals surface area contributed by atoms with Gasteiger partial charge in [0.25, 0.3) is 0 Å². The van der Waals surface area contributed by atoms with Crippen LogP contribution in [0.15, 0.2) is 36.7 Å². The minimum atomic E-state index is -4.79. The lowest BCUT2D eigenvalue weighted by atomic mass is 9.60. The second-order valence-corrected chi connectivity index (χ2v) is 8.59. The quantitative estimate of drug-likeness (QED) is 0.564. The van der Waals surface area contributed by atoms with E-state index in [1.807, 2.05) is 6.20 Å². The number of nitrogens with one attached hydrogen (secondary N) is 3. The van der Waals surface area contributed by atoms with Gasteiger partial charge in [0.2, 0.25) is 0 Å². The maximum Gasteiger partial charge on any atom is 0.573 e. The van der Waals surface area contributed by atoms with Gasteiger partial charge in [0.05, 0.1) is 18.1 Å². The van der Waals surface area contributed by atoms with E-state index < -0.39 is 12.4 Å². The van der Waals surface area contributed by atoms with Gasteiger partial charge in [0.15, 0.2) is 5.65 Å². The van der Waals surface area contributed by atoms with Crippen LogP contribution in [0.1, 0.15) is 18.4 Å². The second kappa shape index (κ2) is 7.28. The van der Waals surface area contributed by atoms with Gasteiger partial charge in [-0.2, -0.15) is 5.10 Å². The van der Waals surface area contributed by atoms with Crippen molar-refractivity contribution in [1.29, 1.82) is 0 Å². The smallest absolute Gasteiger partial charge is 0.406 e. The third-order valence-corrected chi connectivity index (χ3v) is 6.08. The Morgan fingerprint density at radius 2 is 2.03 bits per heavy atom. The first kappa shape index (κ1) is 20.4. The topological polar surface area (TPSA) is 95.2 Å². The first-order valence-corrected chi connectivity index (χ1v) is 10.2. The number of carbonyl (C=O) groups is 1. The molecule has 1 aliphatic heterocycles. The van der Waals surface area contributed by atoms with Crippen LogP contribution in [0.5, 0.6) is 5.75 Å². The fourth-order valence-electron chi connectivity index (χ4n) is 4.57. The molecule has 0 unspecified atom stereocenters. The van der Waals surface area contributed by atoms with Crippen LogP contribution >= 0.6 is 0 Å². The number of benzene rings is 1. The molecule has 3 heterocycles.